The van der Waals surface area contributed by atoms with Gasteiger partial charge in [-0.05, 0) is 85.1 Å². The monoisotopic (exact) mass is 964 g/mol. The number of piperazine rings is 1. The summed E-state index contributed by atoms with van der Waals surface area (Å²) in [5.74, 6) is 0.0721. The smallest absolute Gasteiger partial charge is 0.345 e. The van der Waals surface area contributed by atoms with Crippen molar-refractivity contribution in [1.82, 2.24) is 29.7 Å². The summed E-state index contributed by atoms with van der Waals surface area (Å²) in [4.78, 5) is 37.7. The van der Waals surface area contributed by atoms with E-state index in [1.807, 2.05) is 38.1 Å². The minimum absolute atomic E-state index is 0.0251. The second-order valence-electron chi connectivity index (χ2n) is 16.6. The van der Waals surface area contributed by atoms with Crippen molar-refractivity contribution < 1.29 is 38.0 Å². The van der Waals surface area contributed by atoms with Crippen LogP contribution in [0.5, 0.6) is 23.1 Å². The standard InChI is InChI=1S/C50H47Cl2FN6O7S/c1-28-40-29(2)44(52)45(43(28)51)65-36(23-59-19-17-58(3)18-20-59)26-63-35-13-14-38(64-25-34-15-16-54-47(57-34)37-8-6-5-7-31(37)24-62-4)32(21-35)22-39(50(60)61)66-48-42-41(40)46(67-49(42)56-27-55-48)30-9-11-33(53)12-10-30/h5-16,21,27,36,39H,17-20,22-26H2,1-4H3,(H,60,61)/t36-,39-/m1/s1. The minimum atomic E-state index is -1.47. The average Bonchev–Trinajstić information content (AvgIpc) is 3.72. The molecule has 7 aromatic rings. The Hall–Kier alpha value is -5.94. The highest BCUT2D eigenvalue weighted by atomic mass is 35.5. The molecule has 3 aromatic heterocycles. The molecule has 67 heavy (non-hydrogen) atoms. The number of likely N-dealkylation sites (N-methyl/N-ethyl adjacent to an activating group) is 1. The maximum atomic E-state index is 14.4. The summed E-state index contributed by atoms with van der Waals surface area (Å²) in [5, 5.41) is 11.9. The minimum Gasteiger partial charge on any atom is -0.490 e. The summed E-state index contributed by atoms with van der Waals surface area (Å²) in [5.41, 5.74) is 6.14. The van der Waals surface area contributed by atoms with E-state index >= 15 is 0 Å². The van der Waals surface area contributed by atoms with Crippen molar-refractivity contribution in [3.8, 4) is 56.1 Å². The quantitative estimate of drug-likeness (QED) is 0.139. The van der Waals surface area contributed by atoms with E-state index in [1.165, 1.54) is 29.8 Å². The van der Waals surface area contributed by atoms with E-state index in [9.17, 15) is 14.3 Å². The van der Waals surface area contributed by atoms with Crippen LogP contribution in [0.25, 0.3) is 43.2 Å². The number of aliphatic carboxylic acids is 1. The molecule has 13 nitrogen and oxygen atoms in total. The highest BCUT2D eigenvalue weighted by Gasteiger charge is 2.32. The third-order valence-corrected chi connectivity index (χ3v) is 14.1. The molecule has 10 rings (SSSR count). The number of benzene rings is 4. The molecule has 3 aliphatic rings. The van der Waals surface area contributed by atoms with Crippen LogP contribution in [0.2, 0.25) is 10.0 Å². The first-order valence-electron chi connectivity index (χ1n) is 21.7. The third-order valence-electron chi connectivity index (χ3n) is 12.0. The van der Waals surface area contributed by atoms with Crippen molar-refractivity contribution >= 4 is 50.7 Å². The van der Waals surface area contributed by atoms with Crippen molar-refractivity contribution in [2.75, 3.05) is 53.5 Å². The topological polar surface area (TPSA) is 141 Å². The molecule has 1 N–H and O–H groups in total. The van der Waals surface area contributed by atoms with Crippen LogP contribution in [0, 0.1) is 19.7 Å². The first-order valence-corrected chi connectivity index (χ1v) is 23.3. The molecule has 0 saturated carbocycles. The highest BCUT2D eigenvalue weighted by Crippen LogP contribution is 2.53. The number of thiophene rings is 1. The Balaban J connectivity index is 1.16. The van der Waals surface area contributed by atoms with Gasteiger partial charge in [0.2, 0.25) is 12.0 Å². The summed E-state index contributed by atoms with van der Waals surface area (Å²) < 4.78 is 46.1. The lowest BCUT2D eigenvalue weighted by Crippen LogP contribution is -2.49. The fourth-order valence-electron chi connectivity index (χ4n) is 8.49. The van der Waals surface area contributed by atoms with Crippen LogP contribution in [0.1, 0.15) is 27.9 Å². The molecule has 4 bridgehead atoms. The Morgan fingerprint density at radius 1 is 0.925 bits per heavy atom. The van der Waals surface area contributed by atoms with Gasteiger partial charge in [-0.2, -0.15) is 0 Å². The zero-order valence-electron chi connectivity index (χ0n) is 37.2. The van der Waals surface area contributed by atoms with Gasteiger partial charge in [-0.1, -0.05) is 59.6 Å². The molecule has 0 amide bonds. The molecular formula is C50H47Cl2FN6O7S. The van der Waals surface area contributed by atoms with Gasteiger partial charge in [-0.3, -0.25) is 4.90 Å². The second-order valence-corrected chi connectivity index (χ2v) is 18.3. The Kier molecular flexibility index (Phi) is 13.9. The van der Waals surface area contributed by atoms with Gasteiger partial charge in [0.15, 0.2) is 11.6 Å². The van der Waals surface area contributed by atoms with Gasteiger partial charge in [0.05, 0.1) is 27.7 Å². The van der Waals surface area contributed by atoms with Gasteiger partial charge >= 0.3 is 5.97 Å². The zero-order valence-corrected chi connectivity index (χ0v) is 39.6. The number of ether oxygens (including phenoxy) is 5. The number of aromatic nitrogens is 4. The van der Waals surface area contributed by atoms with E-state index in [0.29, 0.717) is 100 Å². The molecule has 6 heterocycles. The molecule has 346 valence electrons. The lowest BCUT2D eigenvalue weighted by molar-refractivity contribution is -0.145. The van der Waals surface area contributed by atoms with Crippen LogP contribution in [-0.4, -0.2) is 107 Å². The number of hydrogen-bond donors (Lipinski definition) is 1. The predicted molar refractivity (Wildman–Crippen MR) is 256 cm³/mol. The van der Waals surface area contributed by atoms with E-state index in [1.54, 1.807) is 49.7 Å². The number of fused-ring (bicyclic) bond motifs is 7. The normalized spacial score (nSPS) is 16.8. The summed E-state index contributed by atoms with van der Waals surface area (Å²) in [6, 6.07) is 20.9. The number of hydrogen-bond acceptors (Lipinski definition) is 13. The van der Waals surface area contributed by atoms with Crippen molar-refractivity contribution in [2.45, 2.75) is 45.7 Å². The molecule has 4 aromatic carbocycles. The Morgan fingerprint density at radius 2 is 1.69 bits per heavy atom. The van der Waals surface area contributed by atoms with E-state index in [0.717, 1.165) is 37.3 Å². The van der Waals surface area contributed by atoms with Gasteiger partial charge in [-0.25, -0.2) is 29.1 Å². The predicted octanol–water partition coefficient (Wildman–Crippen LogP) is 9.73. The first-order chi connectivity index (χ1) is 32.4. The number of carboxylic acids is 1. The van der Waals surface area contributed by atoms with Crippen LogP contribution in [0.3, 0.4) is 0 Å². The Morgan fingerprint density at radius 3 is 2.43 bits per heavy atom. The molecule has 2 atom stereocenters. The van der Waals surface area contributed by atoms with Crippen LogP contribution in [0.15, 0.2) is 85.3 Å². The number of carboxylic acid groups (broad SMARTS) is 1. The van der Waals surface area contributed by atoms with Crippen LogP contribution in [-0.2, 0) is 29.2 Å². The maximum absolute atomic E-state index is 14.4. The zero-order chi connectivity index (χ0) is 46.8. The molecule has 0 aliphatic carbocycles. The van der Waals surface area contributed by atoms with Crippen molar-refractivity contribution in [2.24, 2.45) is 0 Å². The SMILES string of the molecule is COCc1ccccc1-c1nccc(COc2ccc3cc2C[C@H](C(=O)O)Oc2ncnc4sc(-c5ccc(F)cc5)c(c24)-c2c(C)c(Cl)c(c(Cl)c2C)O[C@H](CN2CCN(C)CC2)CO3)n1. The van der Waals surface area contributed by atoms with Crippen LogP contribution in [0.4, 0.5) is 4.39 Å². The van der Waals surface area contributed by atoms with E-state index < -0.39 is 24.0 Å². The average molecular weight is 966 g/mol. The summed E-state index contributed by atoms with van der Waals surface area (Å²) in [7, 11) is 3.74. The Labute approximate surface area is 401 Å². The molecule has 1 fully saturated rings. The second kappa shape index (κ2) is 20.1. The molecule has 1 saturated heterocycles. The Bertz CT molecular complexity index is 2920. The number of nitrogens with zero attached hydrogens (tertiary/aromatic N) is 6. The summed E-state index contributed by atoms with van der Waals surface area (Å²) >= 11 is 16.0. The molecular weight excluding hydrogens is 919 g/mol. The van der Waals surface area contributed by atoms with E-state index in [2.05, 4.69) is 31.8 Å². The van der Waals surface area contributed by atoms with Gasteiger partial charge < -0.3 is 33.7 Å². The fourth-order valence-corrected chi connectivity index (χ4v) is 10.2. The number of methoxy groups -OCH3 is 1. The van der Waals surface area contributed by atoms with Gasteiger partial charge in [0.1, 0.15) is 47.8 Å². The van der Waals surface area contributed by atoms with Crippen molar-refractivity contribution in [3.05, 3.63) is 129 Å². The lowest BCUT2D eigenvalue weighted by Gasteiger charge is -2.35. The first kappa shape index (κ1) is 46.2. The molecule has 0 unspecified atom stereocenters. The van der Waals surface area contributed by atoms with Gasteiger partial charge in [0.25, 0.3) is 0 Å². The largest absolute Gasteiger partial charge is 0.490 e. The molecule has 3 aliphatic heterocycles. The number of halogens is 3. The molecule has 17 heteroatoms. The van der Waals surface area contributed by atoms with E-state index in [4.69, 9.17) is 51.9 Å². The number of carbonyl (C=O) groups is 1. The fraction of sp³-hybridized carbons (Fsp3) is 0.300. The number of rotatable bonds is 10. The highest BCUT2D eigenvalue weighted by molar-refractivity contribution is 7.22. The summed E-state index contributed by atoms with van der Waals surface area (Å²) in [6.45, 7) is 8.28. The molecule has 0 spiro atoms. The van der Waals surface area contributed by atoms with Gasteiger partial charge in [0, 0.05) is 74.0 Å². The molecule has 0 radical (unpaired) electrons. The van der Waals surface area contributed by atoms with Crippen LogP contribution >= 0.6 is 34.5 Å². The van der Waals surface area contributed by atoms with E-state index in [-0.39, 0.29) is 25.5 Å². The van der Waals surface area contributed by atoms with Crippen molar-refractivity contribution in [3.63, 3.8) is 0 Å². The van der Waals surface area contributed by atoms with Crippen LogP contribution < -0.4 is 18.9 Å². The summed E-state index contributed by atoms with van der Waals surface area (Å²) in [6.07, 6.45) is 0.848. The third kappa shape index (κ3) is 9.89. The maximum Gasteiger partial charge on any atom is 0.345 e. The lowest BCUT2D eigenvalue weighted by atomic mass is 9.92. The van der Waals surface area contributed by atoms with Crippen molar-refractivity contribution in [1.29, 1.82) is 0 Å². The van der Waals surface area contributed by atoms with Gasteiger partial charge in [-0.15, -0.1) is 11.3 Å².